The summed E-state index contributed by atoms with van der Waals surface area (Å²) < 4.78 is 7.31. The van der Waals surface area contributed by atoms with Crippen LogP contribution < -0.4 is 15.6 Å². The lowest BCUT2D eigenvalue weighted by Gasteiger charge is -2.14. The summed E-state index contributed by atoms with van der Waals surface area (Å²) in [5.74, 6) is -0.952. The standard InChI is InChI=1S/C24H19ClN4O5/c1-26-22(30)19-11-18-20(12-27-19)28-13-29(23(18)31)7-8-34-21-6-5-16(25)10-17(21)14-3-2-4-15(9-14)24(32)33/h2-6,9-13H,7-8H2,1H3,(H,26,30)(H,32,33). The highest BCUT2D eigenvalue weighted by Gasteiger charge is 2.13. The number of fused-ring (bicyclic) bond motifs is 1. The highest BCUT2D eigenvalue weighted by Crippen LogP contribution is 2.33. The normalized spacial score (nSPS) is 10.8. The second-order valence-corrected chi connectivity index (χ2v) is 7.72. The number of carbonyl (C=O) groups is 2. The number of pyridine rings is 1. The first-order valence-electron chi connectivity index (χ1n) is 10.2. The van der Waals surface area contributed by atoms with Gasteiger partial charge in [0.15, 0.2) is 0 Å². The second kappa shape index (κ2) is 9.72. The number of hydrogen-bond acceptors (Lipinski definition) is 6. The summed E-state index contributed by atoms with van der Waals surface area (Å²) in [5.41, 5.74) is 1.58. The molecule has 0 saturated carbocycles. The Labute approximate surface area is 198 Å². The van der Waals surface area contributed by atoms with Gasteiger partial charge in [-0.2, -0.15) is 0 Å². The molecule has 0 bridgehead atoms. The predicted molar refractivity (Wildman–Crippen MR) is 127 cm³/mol. The molecule has 4 rings (SSSR count). The van der Waals surface area contributed by atoms with Crippen LogP contribution in [-0.4, -0.2) is 45.2 Å². The number of carboxylic acids is 1. The van der Waals surface area contributed by atoms with E-state index in [0.29, 0.717) is 27.4 Å². The molecule has 34 heavy (non-hydrogen) atoms. The van der Waals surface area contributed by atoms with Gasteiger partial charge < -0.3 is 15.2 Å². The maximum Gasteiger partial charge on any atom is 0.335 e. The third-order valence-electron chi connectivity index (χ3n) is 5.12. The summed E-state index contributed by atoms with van der Waals surface area (Å²) in [4.78, 5) is 44.4. The van der Waals surface area contributed by atoms with Gasteiger partial charge in [-0.15, -0.1) is 0 Å². The molecule has 2 N–H and O–H groups in total. The third kappa shape index (κ3) is 4.74. The third-order valence-corrected chi connectivity index (χ3v) is 5.36. The van der Waals surface area contributed by atoms with E-state index >= 15 is 0 Å². The van der Waals surface area contributed by atoms with Gasteiger partial charge in [0.1, 0.15) is 18.1 Å². The van der Waals surface area contributed by atoms with E-state index < -0.39 is 11.9 Å². The Bertz CT molecular complexity index is 1470. The topological polar surface area (TPSA) is 123 Å². The first kappa shape index (κ1) is 22.9. The Morgan fingerprint density at radius 2 is 1.97 bits per heavy atom. The van der Waals surface area contributed by atoms with Gasteiger partial charge >= 0.3 is 5.97 Å². The predicted octanol–water partition coefficient (Wildman–Crippen LogP) is 3.25. The van der Waals surface area contributed by atoms with E-state index in [1.807, 2.05) is 0 Å². The SMILES string of the molecule is CNC(=O)c1cc2c(=O)n(CCOc3ccc(Cl)cc3-c3cccc(C(=O)O)c3)cnc2cn1. The van der Waals surface area contributed by atoms with Crippen molar-refractivity contribution < 1.29 is 19.4 Å². The van der Waals surface area contributed by atoms with Crippen molar-refractivity contribution in [1.82, 2.24) is 19.9 Å². The van der Waals surface area contributed by atoms with Gasteiger partial charge in [0.2, 0.25) is 0 Å². The summed E-state index contributed by atoms with van der Waals surface area (Å²) in [6.07, 6.45) is 2.78. The molecule has 0 aliphatic heterocycles. The molecular formula is C24H19ClN4O5. The highest BCUT2D eigenvalue weighted by molar-refractivity contribution is 6.31. The summed E-state index contributed by atoms with van der Waals surface area (Å²) in [7, 11) is 1.48. The molecule has 2 heterocycles. The van der Waals surface area contributed by atoms with Crippen LogP contribution in [0.25, 0.3) is 22.0 Å². The Hall–Kier alpha value is -4.24. The molecule has 1 amide bonds. The van der Waals surface area contributed by atoms with Crippen LogP contribution >= 0.6 is 11.6 Å². The number of amides is 1. The minimum absolute atomic E-state index is 0.122. The van der Waals surface area contributed by atoms with E-state index in [1.54, 1.807) is 30.3 Å². The van der Waals surface area contributed by atoms with E-state index in [1.165, 1.54) is 42.3 Å². The number of nitrogens with zero attached hydrogens (tertiary/aromatic N) is 3. The zero-order valence-electron chi connectivity index (χ0n) is 18.0. The number of carboxylic acid groups (broad SMARTS) is 1. The maximum atomic E-state index is 12.9. The van der Waals surface area contributed by atoms with Crippen LogP contribution in [0.2, 0.25) is 5.02 Å². The maximum absolute atomic E-state index is 12.9. The molecule has 10 heteroatoms. The van der Waals surface area contributed by atoms with Gasteiger partial charge in [0.25, 0.3) is 11.5 Å². The molecule has 0 spiro atoms. The number of aromatic nitrogens is 3. The van der Waals surface area contributed by atoms with Crippen LogP contribution in [0.1, 0.15) is 20.8 Å². The van der Waals surface area contributed by atoms with Crippen LogP contribution in [0.5, 0.6) is 5.75 Å². The summed E-state index contributed by atoms with van der Waals surface area (Å²) in [6, 6.07) is 12.9. The van der Waals surface area contributed by atoms with Gasteiger partial charge in [0, 0.05) is 17.6 Å². The second-order valence-electron chi connectivity index (χ2n) is 7.28. The van der Waals surface area contributed by atoms with Crippen molar-refractivity contribution in [3.8, 4) is 16.9 Å². The van der Waals surface area contributed by atoms with Crippen molar-refractivity contribution >= 4 is 34.4 Å². The lowest BCUT2D eigenvalue weighted by Crippen LogP contribution is -2.25. The molecule has 4 aromatic rings. The zero-order valence-corrected chi connectivity index (χ0v) is 18.7. The number of halogens is 1. The minimum Gasteiger partial charge on any atom is -0.491 e. The van der Waals surface area contributed by atoms with Crippen LogP contribution in [0, 0.1) is 0 Å². The number of hydrogen-bond donors (Lipinski definition) is 2. The van der Waals surface area contributed by atoms with E-state index in [2.05, 4.69) is 15.3 Å². The molecular weight excluding hydrogens is 460 g/mol. The number of aromatic carboxylic acids is 1. The van der Waals surface area contributed by atoms with Gasteiger partial charge in [0.05, 0.1) is 35.5 Å². The van der Waals surface area contributed by atoms with Crippen LogP contribution in [0.4, 0.5) is 0 Å². The Kier molecular flexibility index (Phi) is 6.55. The van der Waals surface area contributed by atoms with Crippen molar-refractivity contribution in [3.63, 3.8) is 0 Å². The Morgan fingerprint density at radius 3 is 2.74 bits per heavy atom. The Morgan fingerprint density at radius 1 is 1.15 bits per heavy atom. The van der Waals surface area contributed by atoms with Crippen molar-refractivity contribution in [2.24, 2.45) is 0 Å². The average molecular weight is 479 g/mol. The first-order valence-corrected chi connectivity index (χ1v) is 10.6. The van der Waals surface area contributed by atoms with Crippen molar-refractivity contribution in [2.45, 2.75) is 6.54 Å². The number of ether oxygens (including phenoxy) is 1. The molecule has 2 aromatic heterocycles. The van der Waals surface area contributed by atoms with Crippen molar-refractivity contribution in [1.29, 1.82) is 0 Å². The van der Waals surface area contributed by atoms with E-state index in [4.69, 9.17) is 16.3 Å². The average Bonchev–Trinajstić information content (AvgIpc) is 2.85. The molecule has 0 fully saturated rings. The fraction of sp³-hybridized carbons (Fsp3) is 0.125. The molecule has 0 aliphatic carbocycles. The van der Waals surface area contributed by atoms with E-state index in [0.717, 1.165) is 0 Å². The fourth-order valence-electron chi connectivity index (χ4n) is 3.40. The van der Waals surface area contributed by atoms with Crippen LogP contribution in [0.15, 0.2) is 65.8 Å². The number of nitrogens with one attached hydrogen (secondary N) is 1. The number of rotatable bonds is 7. The monoisotopic (exact) mass is 478 g/mol. The smallest absolute Gasteiger partial charge is 0.335 e. The number of benzene rings is 2. The van der Waals surface area contributed by atoms with E-state index in [9.17, 15) is 19.5 Å². The minimum atomic E-state index is -1.04. The van der Waals surface area contributed by atoms with Gasteiger partial charge in [-0.1, -0.05) is 23.7 Å². The van der Waals surface area contributed by atoms with Gasteiger partial charge in [-0.3, -0.25) is 14.2 Å². The number of carbonyl (C=O) groups excluding carboxylic acids is 1. The molecule has 0 aliphatic rings. The summed E-state index contributed by atoms with van der Waals surface area (Å²) in [5, 5.41) is 12.5. The summed E-state index contributed by atoms with van der Waals surface area (Å²) in [6.45, 7) is 0.324. The fourth-order valence-corrected chi connectivity index (χ4v) is 3.57. The molecule has 9 nitrogen and oxygen atoms in total. The molecule has 0 unspecified atom stereocenters. The molecule has 0 radical (unpaired) electrons. The van der Waals surface area contributed by atoms with Crippen molar-refractivity contribution in [2.75, 3.05) is 13.7 Å². The molecule has 2 aromatic carbocycles. The van der Waals surface area contributed by atoms with Crippen molar-refractivity contribution in [3.05, 3.63) is 87.7 Å². The zero-order chi connectivity index (χ0) is 24.2. The first-order chi connectivity index (χ1) is 16.4. The highest BCUT2D eigenvalue weighted by atomic mass is 35.5. The van der Waals surface area contributed by atoms with Gasteiger partial charge in [-0.05, 0) is 42.0 Å². The van der Waals surface area contributed by atoms with E-state index in [-0.39, 0.29) is 35.4 Å². The lowest BCUT2D eigenvalue weighted by molar-refractivity contribution is 0.0696. The quantitative estimate of drug-likeness (QED) is 0.418. The van der Waals surface area contributed by atoms with Crippen LogP contribution in [-0.2, 0) is 6.54 Å². The lowest BCUT2D eigenvalue weighted by atomic mass is 10.0. The largest absolute Gasteiger partial charge is 0.491 e. The molecule has 172 valence electrons. The van der Waals surface area contributed by atoms with Crippen LogP contribution in [0.3, 0.4) is 0 Å². The molecule has 0 atom stereocenters. The molecule has 0 saturated heterocycles. The van der Waals surface area contributed by atoms with Gasteiger partial charge in [-0.25, -0.2) is 14.8 Å². The Balaban J connectivity index is 1.58. The summed E-state index contributed by atoms with van der Waals surface area (Å²) >= 11 is 6.16.